The standard InChI is InChI=1S/C17H30N4.HI/c1-6-14(3)20-17(18-7-2)19-12-15-9-8-10-16(11-15)13-21(4)5;/h8-11,14H,6-7,12-13H2,1-5H3,(H2,18,19,20);1H. The number of nitrogens with one attached hydrogen (secondary N) is 2. The summed E-state index contributed by atoms with van der Waals surface area (Å²) in [5, 5.41) is 6.71. The normalized spacial score (nSPS) is 12.7. The molecule has 1 unspecified atom stereocenters. The Balaban J connectivity index is 0.00000441. The SMILES string of the molecule is CCNC(=NCc1cccc(CN(C)C)c1)NC(C)CC.I. The van der Waals surface area contributed by atoms with E-state index in [-0.39, 0.29) is 24.0 Å². The van der Waals surface area contributed by atoms with Crippen LogP contribution in [0.3, 0.4) is 0 Å². The van der Waals surface area contributed by atoms with Crippen LogP contribution in [-0.2, 0) is 13.1 Å². The summed E-state index contributed by atoms with van der Waals surface area (Å²) in [7, 11) is 4.17. The number of hydrogen-bond donors (Lipinski definition) is 2. The molecule has 0 spiro atoms. The Bertz CT molecular complexity index is 446. The second-order valence-electron chi connectivity index (χ2n) is 5.71. The quantitative estimate of drug-likeness (QED) is 0.406. The van der Waals surface area contributed by atoms with Crippen LogP contribution in [0, 0.1) is 0 Å². The summed E-state index contributed by atoms with van der Waals surface area (Å²) in [5.41, 5.74) is 2.57. The largest absolute Gasteiger partial charge is 0.357 e. The summed E-state index contributed by atoms with van der Waals surface area (Å²) >= 11 is 0. The van der Waals surface area contributed by atoms with Gasteiger partial charge in [0.2, 0.25) is 0 Å². The summed E-state index contributed by atoms with van der Waals surface area (Å²) in [6.45, 7) is 8.97. The summed E-state index contributed by atoms with van der Waals surface area (Å²) in [6, 6.07) is 9.07. The molecule has 4 nitrogen and oxygen atoms in total. The lowest BCUT2D eigenvalue weighted by molar-refractivity contribution is 0.402. The first-order valence-electron chi connectivity index (χ1n) is 7.82. The molecule has 0 aromatic heterocycles. The zero-order valence-electron chi connectivity index (χ0n) is 14.5. The van der Waals surface area contributed by atoms with E-state index in [1.54, 1.807) is 0 Å². The predicted molar refractivity (Wildman–Crippen MR) is 107 cm³/mol. The molecule has 0 aliphatic carbocycles. The molecule has 22 heavy (non-hydrogen) atoms. The van der Waals surface area contributed by atoms with Gasteiger partial charge in [0.15, 0.2) is 5.96 Å². The van der Waals surface area contributed by atoms with Crippen molar-refractivity contribution in [3.05, 3.63) is 35.4 Å². The Morgan fingerprint density at radius 3 is 2.50 bits per heavy atom. The van der Waals surface area contributed by atoms with Crippen LogP contribution in [0.15, 0.2) is 29.3 Å². The minimum Gasteiger partial charge on any atom is -0.357 e. The molecule has 0 fully saturated rings. The van der Waals surface area contributed by atoms with Gasteiger partial charge in [0.1, 0.15) is 0 Å². The lowest BCUT2D eigenvalue weighted by atomic mass is 10.1. The Hall–Kier alpha value is -0.820. The first-order chi connectivity index (χ1) is 10.0. The van der Waals surface area contributed by atoms with E-state index >= 15 is 0 Å². The van der Waals surface area contributed by atoms with E-state index in [0.29, 0.717) is 12.6 Å². The van der Waals surface area contributed by atoms with Gasteiger partial charge in [-0.25, -0.2) is 4.99 Å². The summed E-state index contributed by atoms with van der Waals surface area (Å²) in [6.07, 6.45) is 1.09. The van der Waals surface area contributed by atoms with Gasteiger partial charge in [-0.15, -0.1) is 24.0 Å². The molecule has 1 rings (SSSR count). The van der Waals surface area contributed by atoms with Crippen LogP contribution in [0.25, 0.3) is 0 Å². The molecular weight excluding hydrogens is 387 g/mol. The zero-order valence-corrected chi connectivity index (χ0v) is 16.8. The van der Waals surface area contributed by atoms with Gasteiger partial charge in [-0.2, -0.15) is 0 Å². The second-order valence-corrected chi connectivity index (χ2v) is 5.71. The minimum atomic E-state index is 0. The average Bonchev–Trinajstić information content (AvgIpc) is 2.44. The molecule has 2 N–H and O–H groups in total. The first kappa shape index (κ1) is 21.2. The van der Waals surface area contributed by atoms with E-state index < -0.39 is 0 Å². The molecule has 1 atom stereocenters. The maximum atomic E-state index is 4.67. The van der Waals surface area contributed by atoms with E-state index in [0.717, 1.165) is 25.5 Å². The summed E-state index contributed by atoms with van der Waals surface area (Å²) in [5.74, 6) is 0.893. The van der Waals surface area contributed by atoms with Crippen molar-refractivity contribution in [3.63, 3.8) is 0 Å². The van der Waals surface area contributed by atoms with Gasteiger partial charge in [-0.3, -0.25) is 0 Å². The third-order valence-corrected chi connectivity index (χ3v) is 3.25. The molecular formula is C17H31IN4. The van der Waals surface area contributed by atoms with Crippen molar-refractivity contribution in [1.82, 2.24) is 15.5 Å². The second kappa shape index (κ2) is 11.7. The van der Waals surface area contributed by atoms with Crippen molar-refractivity contribution >= 4 is 29.9 Å². The fourth-order valence-electron chi connectivity index (χ4n) is 2.02. The zero-order chi connectivity index (χ0) is 15.7. The van der Waals surface area contributed by atoms with Crippen molar-refractivity contribution in [2.24, 2.45) is 4.99 Å². The van der Waals surface area contributed by atoms with Crippen molar-refractivity contribution in [1.29, 1.82) is 0 Å². The van der Waals surface area contributed by atoms with Crippen molar-refractivity contribution in [2.75, 3.05) is 20.6 Å². The number of hydrogen-bond acceptors (Lipinski definition) is 2. The third-order valence-electron chi connectivity index (χ3n) is 3.25. The molecule has 1 aromatic rings. The fourth-order valence-corrected chi connectivity index (χ4v) is 2.02. The number of benzene rings is 1. The van der Waals surface area contributed by atoms with Crippen molar-refractivity contribution in [2.45, 2.75) is 46.3 Å². The summed E-state index contributed by atoms with van der Waals surface area (Å²) < 4.78 is 0. The van der Waals surface area contributed by atoms with Crippen molar-refractivity contribution in [3.8, 4) is 0 Å². The average molecular weight is 418 g/mol. The molecule has 0 saturated heterocycles. The number of nitrogens with zero attached hydrogens (tertiary/aromatic N) is 2. The van der Waals surface area contributed by atoms with E-state index in [4.69, 9.17) is 0 Å². The van der Waals surface area contributed by atoms with Crippen LogP contribution in [0.2, 0.25) is 0 Å². The Kier molecular flexibility index (Phi) is 11.3. The van der Waals surface area contributed by atoms with Crippen LogP contribution in [-0.4, -0.2) is 37.5 Å². The Morgan fingerprint density at radius 2 is 1.91 bits per heavy atom. The molecule has 0 amide bonds. The topological polar surface area (TPSA) is 39.7 Å². The highest BCUT2D eigenvalue weighted by molar-refractivity contribution is 14.0. The van der Waals surface area contributed by atoms with Gasteiger partial charge in [0.05, 0.1) is 6.54 Å². The van der Waals surface area contributed by atoms with E-state index in [2.05, 4.69) is 79.7 Å². The Morgan fingerprint density at radius 1 is 1.23 bits per heavy atom. The molecule has 126 valence electrons. The monoisotopic (exact) mass is 418 g/mol. The van der Waals surface area contributed by atoms with E-state index in [1.807, 2.05) is 0 Å². The van der Waals surface area contributed by atoms with Gasteiger partial charge < -0.3 is 15.5 Å². The van der Waals surface area contributed by atoms with Gasteiger partial charge >= 0.3 is 0 Å². The van der Waals surface area contributed by atoms with Gasteiger partial charge in [-0.1, -0.05) is 31.2 Å². The lowest BCUT2D eigenvalue weighted by Gasteiger charge is -2.16. The Labute approximate surface area is 152 Å². The lowest BCUT2D eigenvalue weighted by Crippen LogP contribution is -2.41. The van der Waals surface area contributed by atoms with Crippen LogP contribution in [0.5, 0.6) is 0 Å². The number of rotatable bonds is 7. The van der Waals surface area contributed by atoms with Crippen LogP contribution in [0.1, 0.15) is 38.3 Å². The van der Waals surface area contributed by atoms with Gasteiger partial charge in [0, 0.05) is 19.1 Å². The number of halogens is 1. The maximum absolute atomic E-state index is 4.67. The molecule has 0 bridgehead atoms. The smallest absolute Gasteiger partial charge is 0.191 e. The summed E-state index contributed by atoms with van der Waals surface area (Å²) in [4.78, 5) is 6.85. The third kappa shape index (κ3) is 8.58. The molecule has 0 heterocycles. The first-order valence-corrected chi connectivity index (χ1v) is 7.82. The molecule has 0 radical (unpaired) electrons. The van der Waals surface area contributed by atoms with Gasteiger partial charge in [0.25, 0.3) is 0 Å². The van der Waals surface area contributed by atoms with E-state index in [1.165, 1.54) is 11.1 Å². The van der Waals surface area contributed by atoms with Crippen LogP contribution >= 0.6 is 24.0 Å². The highest BCUT2D eigenvalue weighted by Gasteiger charge is 2.03. The molecule has 0 aliphatic heterocycles. The maximum Gasteiger partial charge on any atom is 0.191 e. The minimum absolute atomic E-state index is 0. The van der Waals surface area contributed by atoms with E-state index in [9.17, 15) is 0 Å². The predicted octanol–water partition coefficient (Wildman–Crippen LogP) is 3.22. The highest BCUT2D eigenvalue weighted by atomic mass is 127. The molecule has 1 aromatic carbocycles. The van der Waals surface area contributed by atoms with Crippen LogP contribution < -0.4 is 10.6 Å². The molecule has 5 heteroatoms. The number of guanidine groups is 1. The molecule has 0 aliphatic rings. The highest BCUT2D eigenvalue weighted by Crippen LogP contribution is 2.08. The number of aliphatic imine (C=N–C) groups is 1. The van der Waals surface area contributed by atoms with Crippen LogP contribution in [0.4, 0.5) is 0 Å². The van der Waals surface area contributed by atoms with Crippen molar-refractivity contribution < 1.29 is 0 Å². The van der Waals surface area contributed by atoms with Gasteiger partial charge in [-0.05, 0) is 45.5 Å². The fraction of sp³-hybridized carbons (Fsp3) is 0.588. The molecule has 0 saturated carbocycles.